The summed E-state index contributed by atoms with van der Waals surface area (Å²) in [5.41, 5.74) is 3.97. The molecule has 1 aromatic carbocycles. The molecule has 2 heterocycles. The van der Waals surface area contributed by atoms with E-state index in [0.717, 1.165) is 6.54 Å². The molecule has 3 rings (SSSR count). The Balaban J connectivity index is 1.84. The highest BCUT2D eigenvalue weighted by Crippen LogP contribution is 2.17. The normalized spacial score (nSPS) is 16.3. The fourth-order valence-electron chi connectivity index (χ4n) is 2.67. The average molecular weight is 240 g/mol. The predicted octanol–water partition coefficient (Wildman–Crippen LogP) is 3.38. The van der Waals surface area contributed by atoms with Gasteiger partial charge in [0.2, 0.25) is 0 Å². The van der Waals surface area contributed by atoms with E-state index in [1.54, 1.807) is 0 Å². The monoisotopic (exact) mass is 240 g/mol. The van der Waals surface area contributed by atoms with Crippen LogP contribution < -0.4 is 0 Å². The molecule has 2 aromatic rings. The molecule has 1 aliphatic rings. The Hall–Kier alpha value is -1.54. The maximum atomic E-state index is 2.54. The van der Waals surface area contributed by atoms with Crippen molar-refractivity contribution in [2.75, 3.05) is 13.1 Å². The van der Waals surface area contributed by atoms with E-state index in [4.69, 9.17) is 0 Å². The standard InChI is InChI=1S/C16H20N2/c1-14-6-8-15(9-7-14)18-12-4-5-16(18)13-17-10-2-3-11-17/h4-9,12H,2-3,10-11,13H2,1H3. The SMILES string of the molecule is Cc1ccc(-n2cccc2CN2CCCC2)cc1. The van der Waals surface area contributed by atoms with Gasteiger partial charge in [0, 0.05) is 24.1 Å². The number of aromatic nitrogens is 1. The van der Waals surface area contributed by atoms with Crippen molar-refractivity contribution in [2.24, 2.45) is 0 Å². The summed E-state index contributed by atoms with van der Waals surface area (Å²) >= 11 is 0. The van der Waals surface area contributed by atoms with Crippen LogP contribution in [0.5, 0.6) is 0 Å². The topological polar surface area (TPSA) is 8.17 Å². The van der Waals surface area contributed by atoms with E-state index >= 15 is 0 Å². The van der Waals surface area contributed by atoms with Crippen molar-refractivity contribution < 1.29 is 0 Å². The molecule has 0 unspecified atom stereocenters. The summed E-state index contributed by atoms with van der Waals surface area (Å²) in [7, 11) is 0. The van der Waals surface area contributed by atoms with Gasteiger partial charge in [0.25, 0.3) is 0 Å². The van der Waals surface area contributed by atoms with Crippen molar-refractivity contribution in [1.29, 1.82) is 0 Å². The zero-order valence-corrected chi connectivity index (χ0v) is 11.0. The third kappa shape index (κ3) is 2.34. The minimum atomic E-state index is 1.07. The summed E-state index contributed by atoms with van der Waals surface area (Å²) < 4.78 is 2.30. The minimum Gasteiger partial charge on any atom is -0.320 e. The van der Waals surface area contributed by atoms with Gasteiger partial charge in [-0.2, -0.15) is 0 Å². The van der Waals surface area contributed by atoms with Crippen molar-refractivity contribution >= 4 is 0 Å². The number of hydrogen-bond donors (Lipinski definition) is 0. The number of likely N-dealkylation sites (tertiary alicyclic amines) is 1. The molecular weight excluding hydrogens is 220 g/mol. The van der Waals surface area contributed by atoms with E-state index < -0.39 is 0 Å². The first kappa shape index (κ1) is 11.5. The molecule has 0 atom stereocenters. The van der Waals surface area contributed by atoms with E-state index in [0.29, 0.717) is 0 Å². The molecule has 18 heavy (non-hydrogen) atoms. The van der Waals surface area contributed by atoms with Gasteiger partial charge < -0.3 is 4.57 Å². The fourth-order valence-corrected chi connectivity index (χ4v) is 2.67. The second-order valence-corrected chi connectivity index (χ2v) is 5.19. The zero-order chi connectivity index (χ0) is 12.4. The maximum Gasteiger partial charge on any atom is 0.0453 e. The first-order valence-electron chi connectivity index (χ1n) is 6.78. The molecule has 2 nitrogen and oxygen atoms in total. The Morgan fingerprint density at radius 1 is 1.00 bits per heavy atom. The van der Waals surface area contributed by atoms with Crippen molar-refractivity contribution in [3.63, 3.8) is 0 Å². The zero-order valence-electron chi connectivity index (χ0n) is 11.0. The Kier molecular flexibility index (Phi) is 3.20. The first-order chi connectivity index (χ1) is 8.83. The van der Waals surface area contributed by atoms with Gasteiger partial charge in [-0.25, -0.2) is 0 Å². The summed E-state index contributed by atoms with van der Waals surface area (Å²) in [5, 5.41) is 0. The number of nitrogens with zero attached hydrogens (tertiary/aromatic N) is 2. The quantitative estimate of drug-likeness (QED) is 0.798. The van der Waals surface area contributed by atoms with Crippen LogP contribution in [-0.4, -0.2) is 22.6 Å². The third-order valence-corrected chi connectivity index (χ3v) is 3.73. The molecular formula is C16H20N2. The largest absolute Gasteiger partial charge is 0.320 e. The van der Waals surface area contributed by atoms with Crippen LogP contribution in [0.15, 0.2) is 42.6 Å². The molecule has 0 N–H and O–H groups in total. The second-order valence-electron chi connectivity index (χ2n) is 5.19. The third-order valence-electron chi connectivity index (χ3n) is 3.73. The van der Waals surface area contributed by atoms with Crippen molar-refractivity contribution in [2.45, 2.75) is 26.3 Å². The van der Waals surface area contributed by atoms with Crippen molar-refractivity contribution in [1.82, 2.24) is 9.47 Å². The summed E-state index contributed by atoms with van der Waals surface area (Å²) in [6, 6.07) is 13.1. The van der Waals surface area contributed by atoms with Gasteiger partial charge in [-0.3, -0.25) is 4.90 Å². The Morgan fingerprint density at radius 3 is 2.44 bits per heavy atom. The lowest BCUT2D eigenvalue weighted by Crippen LogP contribution is -2.20. The molecule has 1 fully saturated rings. The molecule has 0 spiro atoms. The van der Waals surface area contributed by atoms with Gasteiger partial charge in [0.1, 0.15) is 0 Å². The van der Waals surface area contributed by atoms with Gasteiger partial charge in [-0.1, -0.05) is 17.7 Å². The molecule has 0 aliphatic carbocycles. The molecule has 1 aromatic heterocycles. The van der Waals surface area contributed by atoms with Crippen molar-refractivity contribution in [3.8, 4) is 5.69 Å². The van der Waals surface area contributed by atoms with E-state index in [9.17, 15) is 0 Å². The summed E-state index contributed by atoms with van der Waals surface area (Å²) in [6.45, 7) is 5.70. The lowest BCUT2D eigenvalue weighted by Gasteiger charge is -2.16. The fraction of sp³-hybridized carbons (Fsp3) is 0.375. The summed E-state index contributed by atoms with van der Waals surface area (Å²) in [5.74, 6) is 0. The molecule has 2 heteroatoms. The van der Waals surface area contributed by atoms with Crippen LogP contribution in [0.4, 0.5) is 0 Å². The van der Waals surface area contributed by atoms with Gasteiger partial charge >= 0.3 is 0 Å². The molecule has 0 radical (unpaired) electrons. The van der Waals surface area contributed by atoms with Crippen LogP contribution in [0.25, 0.3) is 5.69 Å². The summed E-state index contributed by atoms with van der Waals surface area (Å²) in [6.07, 6.45) is 4.87. The molecule has 0 amide bonds. The number of hydrogen-bond acceptors (Lipinski definition) is 1. The summed E-state index contributed by atoms with van der Waals surface area (Å²) in [4.78, 5) is 2.54. The van der Waals surface area contributed by atoms with E-state index in [-0.39, 0.29) is 0 Å². The number of benzene rings is 1. The average Bonchev–Trinajstić information content (AvgIpc) is 3.02. The van der Waals surface area contributed by atoms with Crippen LogP contribution in [0.3, 0.4) is 0 Å². The highest BCUT2D eigenvalue weighted by molar-refractivity contribution is 5.37. The van der Waals surface area contributed by atoms with Crippen molar-refractivity contribution in [3.05, 3.63) is 53.9 Å². The van der Waals surface area contributed by atoms with Gasteiger partial charge in [0.05, 0.1) is 0 Å². The van der Waals surface area contributed by atoms with E-state index in [1.807, 2.05) is 0 Å². The molecule has 0 saturated carbocycles. The second kappa shape index (κ2) is 4.99. The molecule has 0 bridgehead atoms. The van der Waals surface area contributed by atoms with Crippen LogP contribution in [0.1, 0.15) is 24.1 Å². The maximum absolute atomic E-state index is 2.54. The van der Waals surface area contributed by atoms with Crippen LogP contribution in [0, 0.1) is 6.92 Å². The highest BCUT2D eigenvalue weighted by atomic mass is 15.2. The first-order valence-corrected chi connectivity index (χ1v) is 6.78. The predicted molar refractivity (Wildman–Crippen MR) is 75.0 cm³/mol. The highest BCUT2D eigenvalue weighted by Gasteiger charge is 2.13. The molecule has 94 valence electrons. The Labute approximate surface area is 109 Å². The van der Waals surface area contributed by atoms with E-state index in [2.05, 4.69) is 59.0 Å². The van der Waals surface area contributed by atoms with Crippen LogP contribution in [-0.2, 0) is 6.54 Å². The van der Waals surface area contributed by atoms with Crippen LogP contribution >= 0.6 is 0 Å². The lowest BCUT2D eigenvalue weighted by molar-refractivity contribution is 0.325. The van der Waals surface area contributed by atoms with Crippen LogP contribution in [0.2, 0.25) is 0 Å². The van der Waals surface area contributed by atoms with Gasteiger partial charge in [0.15, 0.2) is 0 Å². The number of rotatable bonds is 3. The smallest absolute Gasteiger partial charge is 0.0453 e. The molecule has 1 saturated heterocycles. The number of aryl methyl sites for hydroxylation is 1. The minimum absolute atomic E-state index is 1.07. The molecule has 1 aliphatic heterocycles. The lowest BCUT2D eigenvalue weighted by atomic mass is 10.2. The van der Waals surface area contributed by atoms with Gasteiger partial charge in [-0.15, -0.1) is 0 Å². The Bertz CT molecular complexity index is 504. The Morgan fingerprint density at radius 2 is 1.72 bits per heavy atom. The van der Waals surface area contributed by atoms with E-state index in [1.165, 1.54) is 42.9 Å². The van der Waals surface area contributed by atoms with Gasteiger partial charge in [-0.05, 0) is 57.1 Å².